The molecular weight excluding hydrogens is 362 g/mol. The van der Waals surface area contributed by atoms with Gasteiger partial charge in [-0.25, -0.2) is 0 Å². The Kier molecular flexibility index (Phi) is 5.42. The molecule has 28 heavy (non-hydrogen) atoms. The molecule has 0 aliphatic heterocycles. The molecular formula is C22H22F2N2O2. The van der Waals surface area contributed by atoms with Gasteiger partial charge in [0, 0.05) is 35.1 Å². The third-order valence-corrected chi connectivity index (χ3v) is 4.71. The fourth-order valence-electron chi connectivity index (χ4n) is 3.15. The van der Waals surface area contributed by atoms with Gasteiger partial charge in [-0.3, -0.25) is 9.97 Å². The molecule has 0 spiro atoms. The Hall–Kier alpha value is -2.86. The van der Waals surface area contributed by atoms with Crippen molar-refractivity contribution in [3.05, 3.63) is 78.4 Å². The number of halogens is 2. The largest absolute Gasteiger partial charge is 0.435 e. The summed E-state index contributed by atoms with van der Waals surface area (Å²) < 4.78 is 28.9. The molecule has 0 fully saturated rings. The van der Waals surface area contributed by atoms with Gasteiger partial charge in [0.2, 0.25) is 0 Å². The van der Waals surface area contributed by atoms with E-state index < -0.39 is 17.6 Å². The average molecular weight is 384 g/mol. The van der Waals surface area contributed by atoms with Gasteiger partial charge >= 0.3 is 6.61 Å². The summed E-state index contributed by atoms with van der Waals surface area (Å²) in [4.78, 5) is 8.64. The molecule has 6 heteroatoms. The topological polar surface area (TPSA) is 55.2 Å². The van der Waals surface area contributed by atoms with Gasteiger partial charge in [-0.15, -0.1) is 0 Å². The molecule has 1 atom stereocenters. The maximum atomic E-state index is 12.3. The van der Waals surface area contributed by atoms with Crippen LogP contribution in [0.5, 0.6) is 5.75 Å². The lowest BCUT2D eigenvalue weighted by atomic mass is 9.70. The van der Waals surface area contributed by atoms with Crippen LogP contribution >= 0.6 is 0 Å². The number of ether oxygens (including phenoxy) is 1. The Bertz CT molecular complexity index is 908. The quantitative estimate of drug-likeness (QED) is 0.671. The molecule has 0 bridgehead atoms. The van der Waals surface area contributed by atoms with Gasteiger partial charge in [0.25, 0.3) is 0 Å². The molecule has 2 aromatic heterocycles. The minimum atomic E-state index is -2.85. The second kappa shape index (κ2) is 7.64. The molecule has 0 aliphatic carbocycles. The number of nitrogens with zero attached hydrogens (tertiary/aromatic N) is 2. The number of aliphatic hydroxyl groups is 1. The van der Waals surface area contributed by atoms with Crippen LogP contribution in [-0.2, 0) is 5.60 Å². The highest BCUT2D eigenvalue weighted by Crippen LogP contribution is 2.43. The highest BCUT2D eigenvalue weighted by Gasteiger charge is 2.44. The van der Waals surface area contributed by atoms with Crippen molar-refractivity contribution in [1.82, 2.24) is 9.97 Å². The summed E-state index contributed by atoms with van der Waals surface area (Å²) in [5.41, 5.74) is 0.926. The summed E-state index contributed by atoms with van der Waals surface area (Å²) in [5, 5.41) is 11.6. The summed E-state index contributed by atoms with van der Waals surface area (Å²) in [7, 11) is 0. The van der Waals surface area contributed by atoms with E-state index in [-0.39, 0.29) is 5.75 Å². The van der Waals surface area contributed by atoms with Crippen molar-refractivity contribution in [1.29, 1.82) is 0 Å². The molecule has 0 saturated heterocycles. The molecule has 4 nitrogen and oxygen atoms in total. The van der Waals surface area contributed by atoms with Gasteiger partial charge in [0.05, 0.1) is 5.69 Å². The van der Waals surface area contributed by atoms with E-state index in [9.17, 15) is 13.9 Å². The molecule has 0 aliphatic rings. The molecule has 1 unspecified atom stereocenters. The van der Waals surface area contributed by atoms with Crippen molar-refractivity contribution in [2.24, 2.45) is 5.41 Å². The lowest BCUT2D eigenvalue weighted by Gasteiger charge is -2.40. The summed E-state index contributed by atoms with van der Waals surface area (Å²) in [5.74, 6) is 0.0991. The van der Waals surface area contributed by atoms with E-state index in [1.807, 2.05) is 32.9 Å². The van der Waals surface area contributed by atoms with Crippen molar-refractivity contribution < 1.29 is 18.6 Å². The van der Waals surface area contributed by atoms with Crippen molar-refractivity contribution in [2.75, 3.05) is 0 Å². The van der Waals surface area contributed by atoms with Crippen LogP contribution in [0.25, 0.3) is 11.1 Å². The first-order valence-corrected chi connectivity index (χ1v) is 8.86. The molecule has 0 radical (unpaired) electrons. The van der Waals surface area contributed by atoms with Gasteiger partial charge in [-0.1, -0.05) is 45.0 Å². The van der Waals surface area contributed by atoms with E-state index >= 15 is 0 Å². The highest BCUT2D eigenvalue weighted by atomic mass is 19.3. The zero-order valence-corrected chi connectivity index (χ0v) is 15.9. The van der Waals surface area contributed by atoms with Crippen LogP contribution in [0.4, 0.5) is 8.78 Å². The molecule has 0 saturated carbocycles. The predicted octanol–water partition coefficient (Wildman–Crippen LogP) is 5.03. The Morgan fingerprint density at radius 1 is 0.929 bits per heavy atom. The number of hydrogen-bond donors (Lipinski definition) is 1. The smallest absolute Gasteiger partial charge is 0.387 e. The van der Waals surface area contributed by atoms with Crippen molar-refractivity contribution in [3.63, 3.8) is 0 Å². The van der Waals surface area contributed by atoms with Crippen LogP contribution in [0.2, 0.25) is 0 Å². The van der Waals surface area contributed by atoms with Crippen molar-refractivity contribution >= 4 is 0 Å². The molecule has 3 rings (SSSR count). The molecule has 0 amide bonds. The lowest BCUT2D eigenvalue weighted by Crippen LogP contribution is -2.42. The first-order chi connectivity index (χ1) is 13.2. The van der Waals surface area contributed by atoms with Gasteiger partial charge in [0.15, 0.2) is 0 Å². The minimum Gasteiger partial charge on any atom is -0.435 e. The number of rotatable bonds is 5. The minimum absolute atomic E-state index is 0.0991. The first-order valence-electron chi connectivity index (χ1n) is 8.86. The molecule has 3 aromatic rings. The second-order valence-corrected chi connectivity index (χ2v) is 7.54. The summed E-state index contributed by atoms with van der Waals surface area (Å²) in [6, 6.07) is 13.6. The summed E-state index contributed by atoms with van der Waals surface area (Å²) in [6.45, 7) is 2.97. The van der Waals surface area contributed by atoms with Crippen molar-refractivity contribution in [2.45, 2.75) is 33.0 Å². The van der Waals surface area contributed by atoms with Crippen LogP contribution in [0.15, 0.2) is 67.1 Å². The van der Waals surface area contributed by atoms with E-state index in [2.05, 4.69) is 14.7 Å². The first kappa shape index (κ1) is 19.9. The maximum Gasteiger partial charge on any atom is 0.387 e. The van der Waals surface area contributed by atoms with Crippen LogP contribution in [0, 0.1) is 5.41 Å². The second-order valence-electron chi connectivity index (χ2n) is 7.54. The lowest BCUT2D eigenvalue weighted by molar-refractivity contribution is -0.0498. The van der Waals surface area contributed by atoms with E-state index in [0.717, 1.165) is 11.1 Å². The predicted molar refractivity (Wildman–Crippen MR) is 103 cm³/mol. The number of hydrogen-bond acceptors (Lipinski definition) is 4. The van der Waals surface area contributed by atoms with E-state index in [1.165, 1.54) is 12.1 Å². The van der Waals surface area contributed by atoms with E-state index in [0.29, 0.717) is 11.3 Å². The Labute approximate surface area is 162 Å². The third-order valence-electron chi connectivity index (χ3n) is 4.71. The van der Waals surface area contributed by atoms with Gasteiger partial charge in [0.1, 0.15) is 11.4 Å². The number of alkyl halides is 2. The Morgan fingerprint density at radius 2 is 1.61 bits per heavy atom. The molecule has 1 aromatic carbocycles. The number of aromatic nitrogens is 2. The highest BCUT2D eigenvalue weighted by molar-refractivity contribution is 5.63. The van der Waals surface area contributed by atoms with Crippen LogP contribution in [-0.4, -0.2) is 21.7 Å². The fraction of sp³-hybridized carbons (Fsp3) is 0.273. The maximum absolute atomic E-state index is 12.3. The molecule has 146 valence electrons. The normalized spacial score (nSPS) is 14.0. The van der Waals surface area contributed by atoms with Crippen LogP contribution in [0.3, 0.4) is 0 Å². The third kappa shape index (κ3) is 3.87. The molecule has 2 heterocycles. The fourth-order valence-corrected chi connectivity index (χ4v) is 3.15. The summed E-state index contributed by atoms with van der Waals surface area (Å²) >= 11 is 0. The van der Waals surface area contributed by atoms with Crippen molar-refractivity contribution in [3.8, 4) is 16.9 Å². The average Bonchev–Trinajstić information content (AvgIpc) is 2.67. The van der Waals surface area contributed by atoms with Crippen LogP contribution in [0.1, 0.15) is 32.0 Å². The number of pyridine rings is 2. The van der Waals surface area contributed by atoms with E-state index in [1.54, 1.807) is 42.9 Å². The van der Waals surface area contributed by atoms with Gasteiger partial charge in [-0.2, -0.15) is 8.78 Å². The zero-order chi connectivity index (χ0) is 20.4. The number of benzene rings is 1. The van der Waals surface area contributed by atoms with E-state index in [4.69, 9.17) is 0 Å². The van der Waals surface area contributed by atoms with Crippen LogP contribution < -0.4 is 4.74 Å². The Morgan fingerprint density at radius 3 is 2.11 bits per heavy atom. The molecule has 1 N–H and O–H groups in total. The summed E-state index contributed by atoms with van der Waals surface area (Å²) in [6.07, 6.45) is 4.96. The monoisotopic (exact) mass is 384 g/mol. The van der Waals surface area contributed by atoms with Gasteiger partial charge < -0.3 is 9.84 Å². The zero-order valence-electron chi connectivity index (χ0n) is 15.9. The Balaban J connectivity index is 1.94. The standard InChI is InChI=1S/C22H22F2N2O2/c1-21(2,3)22(27,17-5-4-12-25-14-17)19-11-8-16(13-26-19)15-6-9-18(10-7-15)28-20(23)24/h4-14,20,27H,1-3H3. The SMILES string of the molecule is CC(C)(C)C(O)(c1cccnc1)c1ccc(-c2ccc(OC(F)F)cc2)cn1. The van der Waals surface area contributed by atoms with Gasteiger partial charge in [-0.05, 0) is 29.8 Å².